The van der Waals surface area contributed by atoms with E-state index in [1.54, 1.807) is 12.1 Å². The number of nitrogens with zero attached hydrogens (tertiary/aromatic N) is 1. The quantitative estimate of drug-likeness (QED) is 0.634. The minimum atomic E-state index is -0.649. The zero-order valence-corrected chi connectivity index (χ0v) is 15.7. The highest BCUT2D eigenvalue weighted by Gasteiger charge is 2.10. The molecule has 0 aliphatic rings. The molecule has 0 N–H and O–H groups in total. The average Bonchev–Trinajstić information content (AvgIpc) is 2.59. The number of hydrogen-bond acceptors (Lipinski definition) is 4. The molecule has 0 spiro atoms. The molecule has 1 aromatic heterocycles. The first-order chi connectivity index (χ1) is 12.4. The maximum atomic E-state index is 12.1. The van der Waals surface area contributed by atoms with Gasteiger partial charge in [0.25, 0.3) is 0 Å². The van der Waals surface area contributed by atoms with Gasteiger partial charge in [-0.1, -0.05) is 23.2 Å². The predicted molar refractivity (Wildman–Crippen MR) is 103 cm³/mol. The Balaban J connectivity index is 1.75. The zero-order chi connectivity index (χ0) is 18.8. The van der Waals surface area contributed by atoms with Crippen molar-refractivity contribution in [2.45, 2.75) is 33.7 Å². The molecule has 0 saturated heterocycles. The van der Waals surface area contributed by atoms with Crippen LogP contribution in [0.3, 0.4) is 0 Å². The fraction of sp³-hybridized carbons (Fsp3) is 0.300. The van der Waals surface area contributed by atoms with Crippen molar-refractivity contribution in [2.75, 3.05) is 6.61 Å². The molecular weight excluding hydrogens is 354 g/mol. The normalized spacial score (nSPS) is 11.1. The molecular formula is C20H20ClNO4. The first kappa shape index (κ1) is 18.3. The lowest BCUT2D eigenvalue weighted by molar-refractivity contribution is 0.296. The summed E-state index contributed by atoms with van der Waals surface area (Å²) in [5.74, 6) is 0.0985. The first-order valence-corrected chi connectivity index (χ1v) is 8.78. The van der Waals surface area contributed by atoms with Crippen molar-refractivity contribution in [3.63, 3.8) is 0 Å². The molecule has 26 heavy (non-hydrogen) atoms. The average molecular weight is 374 g/mol. The van der Waals surface area contributed by atoms with Gasteiger partial charge in [0.2, 0.25) is 0 Å². The van der Waals surface area contributed by atoms with E-state index < -0.39 is 11.4 Å². The molecule has 0 fully saturated rings. The van der Waals surface area contributed by atoms with Crippen molar-refractivity contribution >= 4 is 22.5 Å². The van der Waals surface area contributed by atoms with Crippen LogP contribution in [0.25, 0.3) is 10.9 Å². The molecule has 2 aromatic carbocycles. The Hall–Kier alpha value is -2.53. The Morgan fingerprint density at radius 2 is 1.77 bits per heavy atom. The SMILES string of the molecule is Cc1ccc2c(c1)c(=O)oc(=O)n2CCCOc1cc(C)c(Cl)c(C)c1. The van der Waals surface area contributed by atoms with Gasteiger partial charge in [0.15, 0.2) is 0 Å². The Bertz CT molecular complexity index is 1060. The Morgan fingerprint density at radius 1 is 1.08 bits per heavy atom. The van der Waals surface area contributed by atoms with Gasteiger partial charge in [-0.15, -0.1) is 0 Å². The maximum absolute atomic E-state index is 12.1. The molecule has 0 aliphatic heterocycles. The number of halogens is 1. The summed E-state index contributed by atoms with van der Waals surface area (Å²) in [5, 5.41) is 1.15. The van der Waals surface area contributed by atoms with Crippen LogP contribution in [0.5, 0.6) is 5.75 Å². The second-order valence-corrected chi connectivity index (χ2v) is 6.78. The van der Waals surface area contributed by atoms with E-state index in [1.165, 1.54) is 4.57 Å². The Labute approximate surface area is 155 Å². The number of ether oxygens (including phenoxy) is 1. The predicted octanol–water partition coefficient (Wildman–Crippen LogP) is 4.00. The van der Waals surface area contributed by atoms with Crippen LogP contribution in [0, 0.1) is 20.8 Å². The van der Waals surface area contributed by atoms with E-state index in [9.17, 15) is 9.59 Å². The zero-order valence-electron chi connectivity index (χ0n) is 15.0. The van der Waals surface area contributed by atoms with Crippen molar-refractivity contribution < 1.29 is 9.15 Å². The number of fused-ring (bicyclic) bond motifs is 1. The van der Waals surface area contributed by atoms with Gasteiger partial charge in [0, 0.05) is 11.6 Å². The minimum Gasteiger partial charge on any atom is -0.494 e. The largest absolute Gasteiger partial charge is 0.494 e. The minimum absolute atomic E-state index is 0.397. The molecule has 3 rings (SSSR count). The summed E-state index contributed by atoms with van der Waals surface area (Å²) in [4.78, 5) is 24.0. The fourth-order valence-electron chi connectivity index (χ4n) is 2.95. The maximum Gasteiger partial charge on any atom is 0.422 e. The van der Waals surface area contributed by atoms with Crippen LogP contribution in [0.4, 0.5) is 0 Å². The molecule has 0 radical (unpaired) electrons. The number of hydrogen-bond donors (Lipinski definition) is 0. The van der Waals surface area contributed by atoms with E-state index in [1.807, 2.05) is 39.0 Å². The molecule has 0 saturated carbocycles. The van der Waals surface area contributed by atoms with Gasteiger partial charge in [-0.05, 0) is 62.6 Å². The highest BCUT2D eigenvalue weighted by molar-refractivity contribution is 6.32. The van der Waals surface area contributed by atoms with Crippen LogP contribution in [0.1, 0.15) is 23.1 Å². The standard InChI is InChI=1S/C20H20ClNO4/c1-12-5-6-17-16(9-12)19(23)26-20(24)22(17)7-4-8-25-15-10-13(2)18(21)14(3)11-15/h5-6,9-11H,4,7-8H2,1-3H3. The van der Waals surface area contributed by atoms with Crippen LogP contribution >= 0.6 is 11.6 Å². The smallest absolute Gasteiger partial charge is 0.422 e. The highest BCUT2D eigenvalue weighted by Crippen LogP contribution is 2.25. The monoisotopic (exact) mass is 373 g/mol. The van der Waals surface area contributed by atoms with Crippen molar-refractivity contribution in [3.8, 4) is 5.75 Å². The second-order valence-electron chi connectivity index (χ2n) is 6.40. The first-order valence-electron chi connectivity index (χ1n) is 8.40. The van der Waals surface area contributed by atoms with E-state index in [-0.39, 0.29) is 0 Å². The molecule has 136 valence electrons. The van der Waals surface area contributed by atoms with Crippen LogP contribution in [0.2, 0.25) is 5.02 Å². The summed E-state index contributed by atoms with van der Waals surface area (Å²) in [7, 11) is 0. The summed E-state index contributed by atoms with van der Waals surface area (Å²) in [6, 6.07) is 9.15. The third kappa shape index (κ3) is 3.68. The molecule has 5 nitrogen and oxygen atoms in total. The second kappa shape index (κ2) is 7.38. The summed E-state index contributed by atoms with van der Waals surface area (Å²) >= 11 is 6.16. The highest BCUT2D eigenvalue weighted by atomic mass is 35.5. The van der Waals surface area contributed by atoms with E-state index in [4.69, 9.17) is 20.8 Å². The summed E-state index contributed by atoms with van der Waals surface area (Å²) in [5.41, 5.74) is 2.84. The van der Waals surface area contributed by atoms with Gasteiger partial charge >= 0.3 is 11.4 Å². The lowest BCUT2D eigenvalue weighted by Gasteiger charge is -2.11. The van der Waals surface area contributed by atoms with Gasteiger partial charge in [-0.25, -0.2) is 9.59 Å². The lowest BCUT2D eigenvalue weighted by Crippen LogP contribution is -2.25. The molecule has 6 heteroatoms. The number of benzene rings is 2. The van der Waals surface area contributed by atoms with Gasteiger partial charge in [0.1, 0.15) is 5.75 Å². The van der Waals surface area contributed by atoms with Crippen LogP contribution in [-0.2, 0) is 6.54 Å². The van der Waals surface area contributed by atoms with E-state index in [2.05, 4.69) is 0 Å². The molecule has 0 bridgehead atoms. The summed E-state index contributed by atoms with van der Waals surface area (Å²) in [6.45, 7) is 6.58. The summed E-state index contributed by atoms with van der Waals surface area (Å²) < 4.78 is 12.1. The van der Waals surface area contributed by atoms with Gasteiger partial charge < -0.3 is 9.15 Å². The van der Waals surface area contributed by atoms with Crippen LogP contribution in [0.15, 0.2) is 44.3 Å². The summed E-state index contributed by atoms with van der Waals surface area (Å²) in [6.07, 6.45) is 0.595. The Morgan fingerprint density at radius 3 is 2.46 bits per heavy atom. The van der Waals surface area contributed by atoms with Crippen molar-refractivity contribution in [1.82, 2.24) is 4.57 Å². The third-order valence-electron chi connectivity index (χ3n) is 4.27. The third-order valence-corrected chi connectivity index (χ3v) is 4.86. The van der Waals surface area contributed by atoms with Crippen LogP contribution < -0.4 is 16.1 Å². The van der Waals surface area contributed by atoms with E-state index in [0.717, 1.165) is 27.5 Å². The van der Waals surface area contributed by atoms with Gasteiger partial charge in [-0.3, -0.25) is 4.57 Å². The van der Waals surface area contributed by atoms with Crippen molar-refractivity contribution in [3.05, 3.63) is 73.0 Å². The van der Waals surface area contributed by atoms with Crippen LogP contribution in [-0.4, -0.2) is 11.2 Å². The molecule has 0 aliphatic carbocycles. The molecule has 3 aromatic rings. The van der Waals surface area contributed by atoms with E-state index >= 15 is 0 Å². The fourth-order valence-corrected chi connectivity index (χ4v) is 3.06. The number of rotatable bonds is 5. The topological polar surface area (TPSA) is 61.4 Å². The Kier molecular flexibility index (Phi) is 5.18. The molecule has 0 unspecified atom stereocenters. The molecule has 0 atom stereocenters. The molecule has 1 heterocycles. The van der Waals surface area contributed by atoms with Crippen molar-refractivity contribution in [2.24, 2.45) is 0 Å². The molecule has 0 amide bonds. The lowest BCUT2D eigenvalue weighted by atomic mass is 10.1. The van der Waals surface area contributed by atoms with E-state index in [0.29, 0.717) is 30.5 Å². The van der Waals surface area contributed by atoms with Crippen molar-refractivity contribution in [1.29, 1.82) is 0 Å². The number of aryl methyl sites for hydroxylation is 4. The van der Waals surface area contributed by atoms with Gasteiger partial charge in [-0.2, -0.15) is 0 Å². The number of aromatic nitrogens is 1. The van der Waals surface area contributed by atoms with Gasteiger partial charge in [0.05, 0.1) is 17.5 Å².